The number of rotatable bonds is 3. The van der Waals surface area contributed by atoms with E-state index in [2.05, 4.69) is 4.72 Å². The lowest BCUT2D eigenvalue weighted by Gasteiger charge is -2.05. The standard InChI is InChI=1S/C9H12ClNO2S/c1-3-11-14(12,13)8-5-4-7(2)9(10)6-8/h4-6,11H,3H2,1-2H3. The molecule has 0 aliphatic carbocycles. The minimum Gasteiger partial charge on any atom is -0.211 e. The van der Waals surface area contributed by atoms with Crippen LogP contribution < -0.4 is 4.72 Å². The van der Waals surface area contributed by atoms with Gasteiger partial charge in [0.2, 0.25) is 10.0 Å². The van der Waals surface area contributed by atoms with Gasteiger partial charge in [-0.1, -0.05) is 24.6 Å². The molecule has 0 spiro atoms. The number of nitrogens with one attached hydrogen (secondary N) is 1. The van der Waals surface area contributed by atoms with Gasteiger partial charge in [0.15, 0.2) is 0 Å². The van der Waals surface area contributed by atoms with Crippen LogP contribution in [0, 0.1) is 6.92 Å². The average Bonchev–Trinajstić information content (AvgIpc) is 2.09. The number of hydrogen-bond donors (Lipinski definition) is 1. The molecule has 1 aromatic rings. The normalized spacial score (nSPS) is 11.6. The summed E-state index contributed by atoms with van der Waals surface area (Å²) >= 11 is 5.83. The first-order chi connectivity index (χ1) is 6.47. The van der Waals surface area contributed by atoms with E-state index in [1.165, 1.54) is 6.07 Å². The van der Waals surface area contributed by atoms with Crippen molar-refractivity contribution in [2.75, 3.05) is 6.54 Å². The van der Waals surface area contributed by atoms with Crippen LogP contribution in [0.5, 0.6) is 0 Å². The van der Waals surface area contributed by atoms with Crippen LogP contribution in [0.2, 0.25) is 5.02 Å². The van der Waals surface area contributed by atoms with Crippen molar-refractivity contribution in [2.45, 2.75) is 18.7 Å². The number of hydrogen-bond acceptors (Lipinski definition) is 2. The minimum atomic E-state index is -3.38. The minimum absolute atomic E-state index is 0.204. The van der Waals surface area contributed by atoms with E-state index in [9.17, 15) is 8.42 Å². The summed E-state index contributed by atoms with van der Waals surface area (Å²) in [4.78, 5) is 0.204. The fourth-order valence-corrected chi connectivity index (χ4v) is 2.33. The fraction of sp³-hybridized carbons (Fsp3) is 0.333. The number of aryl methyl sites for hydroxylation is 1. The fourth-order valence-electron chi connectivity index (χ4n) is 1.01. The second-order valence-electron chi connectivity index (χ2n) is 2.91. The SMILES string of the molecule is CCNS(=O)(=O)c1ccc(C)c(Cl)c1. The van der Waals surface area contributed by atoms with Crippen LogP contribution >= 0.6 is 11.6 Å². The first kappa shape index (κ1) is 11.5. The zero-order valence-corrected chi connectivity index (χ0v) is 9.61. The third-order valence-corrected chi connectivity index (χ3v) is 3.74. The molecule has 0 aliphatic heterocycles. The van der Waals surface area contributed by atoms with Gasteiger partial charge in [-0.3, -0.25) is 0 Å². The first-order valence-corrected chi connectivity index (χ1v) is 6.09. The van der Waals surface area contributed by atoms with Gasteiger partial charge < -0.3 is 0 Å². The second kappa shape index (κ2) is 4.29. The Hall–Kier alpha value is -0.580. The molecule has 3 nitrogen and oxygen atoms in total. The third-order valence-electron chi connectivity index (χ3n) is 1.79. The molecule has 0 saturated heterocycles. The monoisotopic (exact) mass is 233 g/mol. The lowest BCUT2D eigenvalue weighted by atomic mass is 10.2. The lowest BCUT2D eigenvalue weighted by Crippen LogP contribution is -2.23. The van der Waals surface area contributed by atoms with Crippen molar-refractivity contribution >= 4 is 21.6 Å². The van der Waals surface area contributed by atoms with Gasteiger partial charge in [0.05, 0.1) is 4.90 Å². The van der Waals surface area contributed by atoms with E-state index in [0.29, 0.717) is 11.6 Å². The van der Waals surface area contributed by atoms with Crippen molar-refractivity contribution in [1.82, 2.24) is 4.72 Å². The number of halogens is 1. The average molecular weight is 234 g/mol. The summed E-state index contributed by atoms with van der Waals surface area (Å²) in [6.07, 6.45) is 0. The maximum Gasteiger partial charge on any atom is 0.240 e. The summed E-state index contributed by atoms with van der Waals surface area (Å²) in [7, 11) is -3.38. The quantitative estimate of drug-likeness (QED) is 0.868. The Labute approximate surface area is 89.1 Å². The van der Waals surface area contributed by atoms with Crippen LogP contribution in [-0.2, 0) is 10.0 Å². The second-order valence-corrected chi connectivity index (χ2v) is 5.09. The predicted octanol–water partition coefficient (Wildman–Crippen LogP) is 1.95. The predicted molar refractivity (Wildman–Crippen MR) is 57.1 cm³/mol. The Bertz CT molecular complexity index is 428. The van der Waals surface area contributed by atoms with E-state index in [1.54, 1.807) is 19.1 Å². The molecule has 78 valence electrons. The van der Waals surface area contributed by atoms with Crippen LogP contribution in [0.1, 0.15) is 12.5 Å². The summed E-state index contributed by atoms with van der Waals surface area (Å²) in [5.74, 6) is 0. The van der Waals surface area contributed by atoms with Crippen molar-refractivity contribution < 1.29 is 8.42 Å². The molecule has 0 unspecified atom stereocenters. The maximum atomic E-state index is 11.5. The smallest absolute Gasteiger partial charge is 0.211 e. The molecule has 0 aliphatic rings. The molecule has 14 heavy (non-hydrogen) atoms. The Morgan fingerprint density at radius 2 is 2.07 bits per heavy atom. The highest BCUT2D eigenvalue weighted by molar-refractivity contribution is 7.89. The van der Waals surface area contributed by atoms with Crippen molar-refractivity contribution in [2.24, 2.45) is 0 Å². The van der Waals surface area contributed by atoms with E-state index in [1.807, 2.05) is 6.92 Å². The molecule has 0 saturated carbocycles. The molecular weight excluding hydrogens is 222 g/mol. The molecule has 0 radical (unpaired) electrons. The van der Waals surface area contributed by atoms with Crippen LogP contribution in [0.3, 0.4) is 0 Å². The van der Waals surface area contributed by atoms with Crippen molar-refractivity contribution in [3.63, 3.8) is 0 Å². The highest BCUT2D eigenvalue weighted by atomic mass is 35.5. The molecule has 0 atom stereocenters. The van der Waals surface area contributed by atoms with Crippen LogP contribution in [0.15, 0.2) is 23.1 Å². The van der Waals surface area contributed by atoms with Gasteiger partial charge in [-0.2, -0.15) is 0 Å². The van der Waals surface area contributed by atoms with Crippen molar-refractivity contribution in [3.05, 3.63) is 28.8 Å². The summed E-state index contributed by atoms with van der Waals surface area (Å²) < 4.78 is 25.5. The molecule has 0 aromatic heterocycles. The van der Waals surface area contributed by atoms with Gasteiger partial charge in [0.1, 0.15) is 0 Å². The van der Waals surface area contributed by atoms with E-state index < -0.39 is 10.0 Å². The topological polar surface area (TPSA) is 46.2 Å². The Balaban J connectivity index is 3.15. The zero-order valence-electron chi connectivity index (χ0n) is 8.04. The van der Waals surface area contributed by atoms with Crippen molar-refractivity contribution in [3.8, 4) is 0 Å². The van der Waals surface area contributed by atoms with Gasteiger partial charge >= 0.3 is 0 Å². The van der Waals surface area contributed by atoms with Gasteiger partial charge in [-0.05, 0) is 24.6 Å². The lowest BCUT2D eigenvalue weighted by molar-refractivity contribution is 0.584. The molecule has 0 fully saturated rings. The zero-order chi connectivity index (χ0) is 10.8. The number of sulfonamides is 1. The Morgan fingerprint density at radius 1 is 1.43 bits per heavy atom. The van der Waals surface area contributed by atoms with Crippen LogP contribution in [0.25, 0.3) is 0 Å². The van der Waals surface area contributed by atoms with E-state index in [-0.39, 0.29) is 4.90 Å². The van der Waals surface area contributed by atoms with Gasteiger partial charge in [-0.15, -0.1) is 0 Å². The van der Waals surface area contributed by atoms with Gasteiger partial charge in [0, 0.05) is 11.6 Å². The maximum absolute atomic E-state index is 11.5. The Kier molecular flexibility index (Phi) is 3.53. The summed E-state index contributed by atoms with van der Waals surface area (Å²) in [6.45, 7) is 3.92. The molecule has 5 heteroatoms. The highest BCUT2D eigenvalue weighted by Gasteiger charge is 2.12. The molecule has 1 N–H and O–H groups in total. The van der Waals surface area contributed by atoms with E-state index in [4.69, 9.17) is 11.6 Å². The largest absolute Gasteiger partial charge is 0.240 e. The summed E-state index contributed by atoms with van der Waals surface area (Å²) in [6, 6.07) is 4.68. The van der Waals surface area contributed by atoms with Crippen molar-refractivity contribution in [1.29, 1.82) is 0 Å². The summed E-state index contributed by atoms with van der Waals surface area (Å²) in [5.41, 5.74) is 0.863. The molecule has 0 bridgehead atoms. The molecule has 1 rings (SSSR count). The molecule has 1 aromatic carbocycles. The molecule has 0 amide bonds. The Morgan fingerprint density at radius 3 is 2.57 bits per heavy atom. The van der Waals surface area contributed by atoms with E-state index >= 15 is 0 Å². The van der Waals surface area contributed by atoms with E-state index in [0.717, 1.165) is 5.56 Å². The third kappa shape index (κ3) is 2.47. The van der Waals surface area contributed by atoms with Gasteiger partial charge in [-0.25, -0.2) is 13.1 Å². The highest BCUT2D eigenvalue weighted by Crippen LogP contribution is 2.19. The molecule has 0 heterocycles. The summed E-state index contributed by atoms with van der Waals surface area (Å²) in [5, 5.41) is 0.462. The van der Waals surface area contributed by atoms with Gasteiger partial charge in [0.25, 0.3) is 0 Å². The van der Waals surface area contributed by atoms with Crippen LogP contribution in [-0.4, -0.2) is 15.0 Å². The number of benzene rings is 1. The van der Waals surface area contributed by atoms with Crippen LogP contribution in [0.4, 0.5) is 0 Å². The molecular formula is C9H12ClNO2S. The first-order valence-electron chi connectivity index (χ1n) is 4.23.